The van der Waals surface area contributed by atoms with Gasteiger partial charge in [-0.3, -0.25) is 4.79 Å². The Labute approximate surface area is 130 Å². The Morgan fingerprint density at radius 1 is 1.35 bits per heavy atom. The number of halogens is 3. The molecule has 0 saturated heterocycles. The summed E-state index contributed by atoms with van der Waals surface area (Å²) in [6.07, 6.45) is -4.70. The summed E-state index contributed by atoms with van der Waals surface area (Å²) in [6, 6.07) is 6.53. The lowest BCUT2D eigenvalue weighted by atomic mass is 10.3. The number of ether oxygens (including phenoxy) is 1. The van der Waals surface area contributed by atoms with E-state index in [-0.39, 0.29) is 9.97 Å². The molecule has 2 aromatic heterocycles. The third-order valence-electron chi connectivity index (χ3n) is 2.77. The molecule has 0 atom stereocenters. The number of fused-ring (bicyclic) bond motifs is 1. The van der Waals surface area contributed by atoms with Crippen LogP contribution in [0.4, 0.5) is 18.9 Å². The van der Waals surface area contributed by atoms with E-state index >= 15 is 0 Å². The van der Waals surface area contributed by atoms with E-state index in [4.69, 9.17) is 4.74 Å². The number of hydrogen-bond donors (Lipinski definition) is 1. The monoisotopic (exact) mass is 343 g/mol. The van der Waals surface area contributed by atoms with Gasteiger partial charge >= 0.3 is 6.18 Å². The van der Waals surface area contributed by atoms with Crippen molar-refractivity contribution in [2.24, 2.45) is 0 Å². The van der Waals surface area contributed by atoms with Crippen LogP contribution in [-0.2, 0) is 6.18 Å². The molecule has 3 aromatic rings. The molecule has 11 heteroatoms. The van der Waals surface area contributed by atoms with Crippen molar-refractivity contribution in [2.75, 3.05) is 12.4 Å². The van der Waals surface area contributed by atoms with Gasteiger partial charge in [-0.2, -0.15) is 17.7 Å². The van der Waals surface area contributed by atoms with Crippen LogP contribution in [0.1, 0.15) is 15.6 Å². The first kappa shape index (κ1) is 15.2. The van der Waals surface area contributed by atoms with Gasteiger partial charge in [0.1, 0.15) is 5.75 Å². The molecule has 0 aliphatic rings. The standard InChI is InChI=1S/C12H8F3N5O2S/c1-22-7-4-2-3-6(5-7)16-8(21)9-19-20-10(12(13,14)15)17-18-11(20)23-9/h2-5H,1H3,(H,16,21). The molecule has 1 N–H and O–H groups in total. The van der Waals surface area contributed by atoms with Gasteiger partial charge in [0.2, 0.25) is 9.97 Å². The van der Waals surface area contributed by atoms with Crippen molar-refractivity contribution in [2.45, 2.75) is 6.18 Å². The fourth-order valence-corrected chi connectivity index (χ4v) is 2.51. The first-order valence-corrected chi connectivity index (χ1v) is 6.95. The zero-order valence-corrected chi connectivity index (χ0v) is 12.3. The maximum atomic E-state index is 12.7. The normalized spacial score (nSPS) is 11.7. The number of aromatic nitrogens is 4. The lowest BCUT2D eigenvalue weighted by molar-refractivity contribution is -0.146. The summed E-state index contributed by atoms with van der Waals surface area (Å²) in [5.41, 5.74) is 0.427. The number of nitrogens with one attached hydrogen (secondary N) is 1. The minimum Gasteiger partial charge on any atom is -0.497 e. The average molecular weight is 343 g/mol. The maximum Gasteiger partial charge on any atom is 0.453 e. The highest BCUT2D eigenvalue weighted by Gasteiger charge is 2.38. The van der Waals surface area contributed by atoms with Gasteiger partial charge in [-0.1, -0.05) is 17.4 Å². The highest BCUT2D eigenvalue weighted by molar-refractivity contribution is 7.18. The number of hydrogen-bond acceptors (Lipinski definition) is 6. The second-order valence-electron chi connectivity index (χ2n) is 4.31. The fraction of sp³-hybridized carbons (Fsp3) is 0.167. The molecule has 1 amide bonds. The number of methoxy groups -OCH3 is 1. The summed E-state index contributed by atoms with van der Waals surface area (Å²) in [4.78, 5) is 12.0. The molecule has 1 aromatic carbocycles. The predicted molar refractivity (Wildman–Crippen MR) is 74.6 cm³/mol. The van der Waals surface area contributed by atoms with E-state index in [0.29, 0.717) is 27.3 Å². The minimum atomic E-state index is -4.70. The molecule has 0 radical (unpaired) electrons. The third-order valence-corrected chi connectivity index (χ3v) is 3.66. The predicted octanol–water partition coefficient (Wildman–Crippen LogP) is 2.47. The molecule has 0 aliphatic carbocycles. The molecule has 0 saturated carbocycles. The van der Waals surface area contributed by atoms with Crippen molar-refractivity contribution in [3.8, 4) is 5.75 Å². The van der Waals surface area contributed by atoms with Gasteiger partial charge in [-0.25, -0.2) is 0 Å². The van der Waals surface area contributed by atoms with E-state index in [1.54, 1.807) is 24.3 Å². The Balaban J connectivity index is 1.88. The van der Waals surface area contributed by atoms with Crippen LogP contribution < -0.4 is 10.1 Å². The number of benzene rings is 1. The highest BCUT2D eigenvalue weighted by Crippen LogP contribution is 2.29. The highest BCUT2D eigenvalue weighted by atomic mass is 32.1. The van der Waals surface area contributed by atoms with Crippen LogP contribution >= 0.6 is 11.3 Å². The van der Waals surface area contributed by atoms with Gasteiger partial charge in [-0.05, 0) is 12.1 Å². The molecule has 0 fully saturated rings. The van der Waals surface area contributed by atoms with Gasteiger partial charge in [0, 0.05) is 11.8 Å². The summed E-state index contributed by atoms with van der Waals surface area (Å²) >= 11 is 0.706. The number of anilines is 1. The molecular weight excluding hydrogens is 335 g/mol. The smallest absolute Gasteiger partial charge is 0.453 e. The van der Waals surface area contributed by atoms with Crippen LogP contribution in [0.5, 0.6) is 5.75 Å². The van der Waals surface area contributed by atoms with Gasteiger partial charge in [-0.15, -0.1) is 15.3 Å². The molecule has 7 nitrogen and oxygen atoms in total. The molecule has 0 unspecified atom stereocenters. The Bertz CT molecular complexity index is 873. The fourth-order valence-electron chi connectivity index (χ4n) is 1.77. The molecular formula is C12H8F3N5O2S. The number of rotatable bonds is 3. The van der Waals surface area contributed by atoms with Crippen LogP contribution in [0.3, 0.4) is 0 Å². The van der Waals surface area contributed by atoms with Gasteiger partial charge in [0.25, 0.3) is 11.7 Å². The number of carbonyl (C=O) groups excluding carboxylic acids is 1. The molecule has 3 rings (SSSR count). The number of amides is 1. The van der Waals surface area contributed by atoms with Crippen LogP contribution in [0.2, 0.25) is 0 Å². The van der Waals surface area contributed by atoms with Gasteiger partial charge in [0.15, 0.2) is 0 Å². The first-order valence-electron chi connectivity index (χ1n) is 6.13. The van der Waals surface area contributed by atoms with Crippen molar-refractivity contribution in [1.82, 2.24) is 19.8 Å². The summed E-state index contributed by atoms with van der Waals surface area (Å²) in [7, 11) is 1.47. The Kier molecular flexibility index (Phi) is 3.64. The quantitative estimate of drug-likeness (QED) is 0.790. The second kappa shape index (κ2) is 5.50. The van der Waals surface area contributed by atoms with Crippen molar-refractivity contribution in [1.29, 1.82) is 0 Å². The minimum absolute atomic E-state index is 0.117. The third kappa shape index (κ3) is 2.95. The SMILES string of the molecule is COc1cccc(NC(=O)c2nn3c(C(F)(F)F)nnc3s2)c1. The molecule has 0 aliphatic heterocycles. The van der Waals surface area contributed by atoms with Crippen molar-refractivity contribution in [3.63, 3.8) is 0 Å². The van der Waals surface area contributed by atoms with Crippen LogP contribution in [0.25, 0.3) is 4.96 Å². The topological polar surface area (TPSA) is 81.4 Å². The summed E-state index contributed by atoms with van der Waals surface area (Å²) in [5, 5.41) is 12.4. The van der Waals surface area contributed by atoms with E-state index in [9.17, 15) is 18.0 Å². The number of carbonyl (C=O) groups is 1. The van der Waals surface area contributed by atoms with E-state index in [2.05, 4.69) is 20.6 Å². The molecule has 23 heavy (non-hydrogen) atoms. The number of alkyl halides is 3. The number of nitrogens with zero attached hydrogens (tertiary/aromatic N) is 4. The van der Waals surface area contributed by atoms with E-state index < -0.39 is 17.9 Å². The van der Waals surface area contributed by atoms with Crippen molar-refractivity contribution in [3.05, 3.63) is 35.1 Å². The van der Waals surface area contributed by atoms with Crippen LogP contribution in [0.15, 0.2) is 24.3 Å². The zero-order valence-electron chi connectivity index (χ0n) is 11.5. The largest absolute Gasteiger partial charge is 0.497 e. The van der Waals surface area contributed by atoms with Crippen LogP contribution in [-0.4, -0.2) is 32.8 Å². The van der Waals surface area contributed by atoms with E-state index in [1.165, 1.54) is 7.11 Å². The maximum absolute atomic E-state index is 12.7. The van der Waals surface area contributed by atoms with E-state index in [1.807, 2.05) is 0 Å². The average Bonchev–Trinajstić information content (AvgIpc) is 3.06. The Morgan fingerprint density at radius 2 is 2.13 bits per heavy atom. The van der Waals surface area contributed by atoms with E-state index in [0.717, 1.165) is 0 Å². The first-order chi connectivity index (χ1) is 10.9. The lowest BCUT2D eigenvalue weighted by Crippen LogP contribution is -2.14. The lowest BCUT2D eigenvalue weighted by Gasteiger charge is -2.05. The molecule has 0 bridgehead atoms. The molecule has 2 heterocycles. The van der Waals surface area contributed by atoms with Gasteiger partial charge in [0.05, 0.1) is 7.11 Å². The zero-order chi connectivity index (χ0) is 16.6. The van der Waals surface area contributed by atoms with Gasteiger partial charge < -0.3 is 10.1 Å². The summed E-state index contributed by atoms with van der Waals surface area (Å²) in [6.45, 7) is 0. The van der Waals surface area contributed by atoms with Crippen molar-refractivity contribution < 1.29 is 22.7 Å². The molecule has 0 spiro atoms. The Hall–Kier alpha value is -2.69. The van der Waals surface area contributed by atoms with Crippen LogP contribution in [0, 0.1) is 0 Å². The van der Waals surface area contributed by atoms with Crippen molar-refractivity contribution >= 4 is 27.9 Å². The second-order valence-corrected chi connectivity index (χ2v) is 5.27. The Morgan fingerprint density at radius 3 is 2.83 bits per heavy atom. The summed E-state index contributed by atoms with van der Waals surface area (Å²) < 4.78 is 43.7. The molecule has 120 valence electrons. The summed E-state index contributed by atoms with van der Waals surface area (Å²) in [5.74, 6) is -1.40.